The molecule has 1 atom stereocenters. The van der Waals surface area contributed by atoms with Gasteiger partial charge in [0.25, 0.3) is 0 Å². The summed E-state index contributed by atoms with van der Waals surface area (Å²) in [5, 5.41) is 0. The van der Waals surface area contributed by atoms with E-state index < -0.39 is 18.1 Å². The molecule has 0 amide bonds. The third kappa shape index (κ3) is 3.02. The maximum Gasteiger partial charge on any atom is 0.393 e. The molecular formula is C13H15F3N2O2. The second-order valence-corrected chi connectivity index (χ2v) is 4.85. The summed E-state index contributed by atoms with van der Waals surface area (Å²) in [6.45, 7) is 1.91. The number of rotatable bonds is 2. The molecule has 0 bridgehead atoms. The lowest BCUT2D eigenvalue weighted by molar-refractivity contribution is -0.168. The predicted molar refractivity (Wildman–Crippen MR) is 66.7 cm³/mol. The molecule has 0 radical (unpaired) electrons. The summed E-state index contributed by atoms with van der Waals surface area (Å²) in [6, 6.07) is 3.22. The van der Waals surface area contributed by atoms with Gasteiger partial charge in [0, 0.05) is 13.1 Å². The molecule has 0 aromatic carbocycles. The first-order valence-electron chi connectivity index (χ1n) is 6.20. The molecule has 1 aromatic heterocycles. The Morgan fingerprint density at radius 3 is 2.70 bits per heavy atom. The molecule has 1 aliphatic heterocycles. The fourth-order valence-corrected chi connectivity index (χ4v) is 2.26. The monoisotopic (exact) mass is 288 g/mol. The Balaban J connectivity index is 2.22. The quantitative estimate of drug-likeness (QED) is 0.784. The molecule has 1 unspecified atom stereocenters. The van der Waals surface area contributed by atoms with E-state index in [1.165, 1.54) is 7.11 Å². The van der Waals surface area contributed by atoms with E-state index in [1.807, 2.05) is 0 Å². The number of pyridine rings is 1. The van der Waals surface area contributed by atoms with Crippen LogP contribution in [0.15, 0.2) is 12.1 Å². The van der Waals surface area contributed by atoms with E-state index >= 15 is 0 Å². The average Bonchev–Trinajstić information content (AvgIpc) is 2.86. The van der Waals surface area contributed by atoms with Crippen molar-refractivity contribution in [2.45, 2.75) is 19.5 Å². The minimum atomic E-state index is -4.19. The van der Waals surface area contributed by atoms with Crippen molar-refractivity contribution in [2.24, 2.45) is 5.92 Å². The van der Waals surface area contributed by atoms with E-state index in [9.17, 15) is 18.0 Å². The van der Waals surface area contributed by atoms with E-state index in [2.05, 4.69) is 9.72 Å². The van der Waals surface area contributed by atoms with Crippen LogP contribution in [-0.4, -0.2) is 37.3 Å². The fraction of sp³-hybridized carbons (Fsp3) is 0.538. The van der Waals surface area contributed by atoms with Gasteiger partial charge in [-0.2, -0.15) is 13.2 Å². The largest absolute Gasteiger partial charge is 0.464 e. The van der Waals surface area contributed by atoms with Crippen LogP contribution in [0.3, 0.4) is 0 Å². The van der Waals surface area contributed by atoms with Gasteiger partial charge >= 0.3 is 12.1 Å². The van der Waals surface area contributed by atoms with Gasteiger partial charge in [0.05, 0.1) is 13.0 Å². The lowest BCUT2D eigenvalue weighted by Gasteiger charge is -2.19. The zero-order valence-electron chi connectivity index (χ0n) is 11.2. The molecule has 2 heterocycles. The number of aryl methyl sites for hydroxylation is 1. The molecule has 0 saturated carbocycles. The first-order chi connectivity index (χ1) is 9.31. The molecule has 1 saturated heterocycles. The summed E-state index contributed by atoms with van der Waals surface area (Å²) < 4.78 is 42.6. The lowest BCUT2D eigenvalue weighted by atomic mass is 10.1. The van der Waals surface area contributed by atoms with Crippen LogP contribution in [0.5, 0.6) is 0 Å². The van der Waals surface area contributed by atoms with E-state index in [0.717, 1.165) is 5.56 Å². The number of ether oxygens (including phenoxy) is 1. The van der Waals surface area contributed by atoms with Crippen LogP contribution in [0.2, 0.25) is 0 Å². The van der Waals surface area contributed by atoms with Crippen LogP contribution >= 0.6 is 0 Å². The van der Waals surface area contributed by atoms with Gasteiger partial charge in [0.1, 0.15) is 5.82 Å². The van der Waals surface area contributed by atoms with E-state index in [-0.39, 0.29) is 25.2 Å². The second-order valence-electron chi connectivity index (χ2n) is 4.85. The van der Waals surface area contributed by atoms with Crippen molar-refractivity contribution in [1.82, 2.24) is 4.98 Å². The number of halogens is 3. The summed E-state index contributed by atoms with van der Waals surface area (Å²) in [4.78, 5) is 17.1. The number of aromatic nitrogens is 1. The number of carbonyl (C=O) groups excluding carboxylic acids is 1. The molecule has 0 N–H and O–H groups in total. The van der Waals surface area contributed by atoms with Crippen molar-refractivity contribution in [3.8, 4) is 0 Å². The van der Waals surface area contributed by atoms with Crippen LogP contribution < -0.4 is 4.90 Å². The molecule has 7 heteroatoms. The smallest absolute Gasteiger partial charge is 0.393 e. The Labute approximate surface area is 114 Å². The topological polar surface area (TPSA) is 42.4 Å². The second kappa shape index (κ2) is 5.30. The van der Waals surface area contributed by atoms with E-state index in [1.54, 1.807) is 24.0 Å². The summed E-state index contributed by atoms with van der Waals surface area (Å²) in [5.74, 6) is -1.55. The summed E-state index contributed by atoms with van der Waals surface area (Å²) >= 11 is 0. The first-order valence-corrected chi connectivity index (χ1v) is 6.20. The van der Waals surface area contributed by atoms with Gasteiger partial charge in [-0.3, -0.25) is 0 Å². The zero-order valence-corrected chi connectivity index (χ0v) is 11.2. The van der Waals surface area contributed by atoms with Gasteiger partial charge in [0.2, 0.25) is 0 Å². The van der Waals surface area contributed by atoms with Gasteiger partial charge in [-0.15, -0.1) is 0 Å². The van der Waals surface area contributed by atoms with Crippen molar-refractivity contribution in [2.75, 3.05) is 25.1 Å². The minimum Gasteiger partial charge on any atom is -0.464 e. The van der Waals surface area contributed by atoms with Gasteiger partial charge in [-0.1, -0.05) is 0 Å². The number of esters is 1. The highest BCUT2D eigenvalue weighted by Crippen LogP contribution is 2.35. The lowest BCUT2D eigenvalue weighted by Crippen LogP contribution is -2.28. The molecule has 20 heavy (non-hydrogen) atoms. The molecule has 110 valence electrons. The third-order valence-electron chi connectivity index (χ3n) is 3.33. The Morgan fingerprint density at radius 1 is 1.45 bits per heavy atom. The van der Waals surface area contributed by atoms with Gasteiger partial charge in [-0.05, 0) is 31.0 Å². The summed E-state index contributed by atoms with van der Waals surface area (Å²) in [6.07, 6.45) is -4.14. The van der Waals surface area contributed by atoms with Crippen molar-refractivity contribution in [1.29, 1.82) is 0 Å². The number of anilines is 1. The predicted octanol–water partition coefficient (Wildman–Crippen LogP) is 2.57. The standard InChI is InChI=1S/C13H15F3N2O2/c1-8-5-10(12(19)20-2)17-11(6-8)18-4-3-9(7-18)13(14,15)16/h5-6,9H,3-4,7H2,1-2H3. The van der Waals surface area contributed by atoms with Crippen molar-refractivity contribution < 1.29 is 22.7 Å². The molecule has 0 spiro atoms. The number of nitrogens with zero attached hydrogens (tertiary/aromatic N) is 2. The number of hydrogen-bond donors (Lipinski definition) is 0. The van der Waals surface area contributed by atoms with E-state index in [4.69, 9.17) is 0 Å². The van der Waals surface area contributed by atoms with Crippen molar-refractivity contribution in [3.05, 3.63) is 23.4 Å². The highest BCUT2D eigenvalue weighted by Gasteiger charge is 2.43. The number of alkyl halides is 3. The molecule has 1 aliphatic rings. The number of methoxy groups -OCH3 is 1. The average molecular weight is 288 g/mol. The third-order valence-corrected chi connectivity index (χ3v) is 3.33. The Bertz CT molecular complexity index is 517. The number of hydrogen-bond acceptors (Lipinski definition) is 4. The molecular weight excluding hydrogens is 273 g/mol. The Hall–Kier alpha value is -1.79. The summed E-state index contributed by atoms with van der Waals surface area (Å²) in [5.41, 5.74) is 0.865. The van der Waals surface area contributed by atoms with Crippen LogP contribution in [0, 0.1) is 12.8 Å². The molecule has 1 aromatic rings. The van der Waals surface area contributed by atoms with Gasteiger partial charge in [-0.25, -0.2) is 9.78 Å². The SMILES string of the molecule is COC(=O)c1cc(C)cc(N2CCC(C(F)(F)F)C2)n1. The van der Waals surface area contributed by atoms with Gasteiger partial charge in [0.15, 0.2) is 5.69 Å². The Morgan fingerprint density at radius 2 is 2.15 bits per heavy atom. The van der Waals surface area contributed by atoms with Crippen LogP contribution in [0.1, 0.15) is 22.5 Å². The minimum absolute atomic E-state index is 0.0483. The number of carbonyl (C=O) groups is 1. The normalized spacial score (nSPS) is 19.2. The van der Waals surface area contributed by atoms with Crippen LogP contribution in [0.4, 0.5) is 19.0 Å². The fourth-order valence-electron chi connectivity index (χ4n) is 2.26. The first kappa shape index (κ1) is 14.6. The maximum atomic E-state index is 12.7. The molecule has 0 aliphatic carbocycles. The maximum absolute atomic E-state index is 12.7. The van der Waals surface area contributed by atoms with E-state index in [0.29, 0.717) is 5.82 Å². The zero-order chi connectivity index (χ0) is 14.9. The van der Waals surface area contributed by atoms with Crippen LogP contribution in [0.25, 0.3) is 0 Å². The molecule has 1 fully saturated rings. The molecule has 4 nitrogen and oxygen atoms in total. The highest BCUT2D eigenvalue weighted by atomic mass is 19.4. The highest BCUT2D eigenvalue weighted by molar-refractivity contribution is 5.87. The van der Waals surface area contributed by atoms with Gasteiger partial charge < -0.3 is 9.64 Å². The summed E-state index contributed by atoms with van der Waals surface area (Å²) in [7, 11) is 1.24. The molecule has 2 rings (SSSR count). The van der Waals surface area contributed by atoms with Crippen molar-refractivity contribution >= 4 is 11.8 Å². The Kier molecular flexibility index (Phi) is 3.87. The van der Waals surface area contributed by atoms with Crippen molar-refractivity contribution in [3.63, 3.8) is 0 Å². The van der Waals surface area contributed by atoms with Crippen LogP contribution in [-0.2, 0) is 4.74 Å².